The molecule has 0 aromatic heterocycles. The Hall–Kier alpha value is -3.92. The molecular weight excluding hydrogens is 545 g/mol. The lowest BCUT2D eigenvalue weighted by Gasteiger charge is -2.34. The maximum Gasteiger partial charge on any atom is 0.264 e. The van der Waals surface area contributed by atoms with Gasteiger partial charge in [0.15, 0.2) is 0 Å². The van der Waals surface area contributed by atoms with Crippen molar-refractivity contribution in [3.05, 3.63) is 90.2 Å². The molecule has 10 heteroatoms. The van der Waals surface area contributed by atoms with Crippen LogP contribution >= 0.6 is 0 Å². The Labute approximate surface area is 241 Å². The molecule has 1 aliphatic rings. The first kappa shape index (κ1) is 30.0. The van der Waals surface area contributed by atoms with Crippen molar-refractivity contribution >= 4 is 27.5 Å². The minimum atomic E-state index is -4.21. The minimum Gasteiger partial charge on any atom is -0.495 e. The number of amides is 2. The highest BCUT2D eigenvalue weighted by Crippen LogP contribution is 2.32. The summed E-state index contributed by atoms with van der Waals surface area (Å²) in [5.41, 5.74) is 0.805. The monoisotopic (exact) mass is 581 g/mol. The van der Waals surface area contributed by atoms with E-state index in [0.29, 0.717) is 12.0 Å². The van der Waals surface area contributed by atoms with Crippen LogP contribution in [0.1, 0.15) is 44.6 Å². The lowest BCUT2D eigenvalue weighted by atomic mass is 10.1. The number of nitrogens with zero attached hydrogens (tertiary/aromatic N) is 2. The summed E-state index contributed by atoms with van der Waals surface area (Å²) in [6.45, 7) is 1.23. The molecule has 0 saturated heterocycles. The zero-order valence-electron chi connectivity index (χ0n) is 23.3. The third kappa shape index (κ3) is 7.24. The van der Waals surface area contributed by atoms with E-state index in [0.717, 1.165) is 30.0 Å². The first-order valence-electron chi connectivity index (χ1n) is 13.8. The fraction of sp³-hybridized carbons (Fsp3) is 0.355. The summed E-state index contributed by atoms with van der Waals surface area (Å²) in [6.07, 6.45) is 4.14. The van der Waals surface area contributed by atoms with Crippen LogP contribution in [-0.4, -0.2) is 50.9 Å². The summed E-state index contributed by atoms with van der Waals surface area (Å²) in [4.78, 5) is 29.0. The molecule has 4 rings (SSSR count). The van der Waals surface area contributed by atoms with E-state index in [1.807, 2.05) is 6.92 Å². The molecule has 8 nitrogen and oxygen atoms in total. The van der Waals surface area contributed by atoms with E-state index in [-0.39, 0.29) is 34.8 Å². The van der Waals surface area contributed by atoms with Gasteiger partial charge in [-0.1, -0.05) is 62.2 Å². The first-order valence-corrected chi connectivity index (χ1v) is 15.2. The Morgan fingerprint density at radius 3 is 2.24 bits per heavy atom. The number of para-hydroxylation sites is 2. The summed E-state index contributed by atoms with van der Waals surface area (Å²) in [7, 11) is -2.78. The van der Waals surface area contributed by atoms with Gasteiger partial charge in [0.05, 0.1) is 17.7 Å². The number of methoxy groups -OCH3 is 1. The second-order valence-corrected chi connectivity index (χ2v) is 11.9. The standard InChI is InChI=1S/C31H36FN3O5S/c1-3-27(31(37)33-25-11-7-8-12-25)34(21-23-17-19-24(32)20-18-23)30(36)22-35(28-15-9-10-16-29(28)40-2)41(38,39)26-13-5-4-6-14-26/h4-6,9-10,13-20,25,27H,3,7-8,11-12,21-22H2,1-2H3,(H,33,37)/t27-/m0/s1. The highest BCUT2D eigenvalue weighted by atomic mass is 32.2. The molecule has 0 aliphatic heterocycles. The van der Waals surface area contributed by atoms with Crippen molar-refractivity contribution < 1.29 is 27.1 Å². The molecular formula is C31H36FN3O5S. The predicted molar refractivity (Wildman–Crippen MR) is 155 cm³/mol. The molecule has 1 N–H and O–H groups in total. The normalized spacial score (nSPS) is 14.3. The largest absolute Gasteiger partial charge is 0.495 e. The fourth-order valence-corrected chi connectivity index (χ4v) is 6.59. The average molecular weight is 582 g/mol. The summed E-state index contributed by atoms with van der Waals surface area (Å²) in [6, 6.07) is 19.3. The molecule has 0 spiro atoms. The molecule has 1 atom stereocenters. The van der Waals surface area contributed by atoms with Crippen LogP contribution in [-0.2, 0) is 26.2 Å². The Morgan fingerprint density at radius 2 is 1.61 bits per heavy atom. The van der Waals surface area contributed by atoms with Gasteiger partial charge in [0.2, 0.25) is 11.8 Å². The molecule has 41 heavy (non-hydrogen) atoms. The van der Waals surface area contributed by atoms with Gasteiger partial charge in [-0.2, -0.15) is 0 Å². The summed E-state index contributed by atoms with van der Waals surface area (Å²) < 4.78 is 48.0. The molecule has 1 fully saturated rings. The molecule has 3 aromatic carbocycles. The van der Waals surface area contributed by atoms with E-state index in [9.17, 15) is 22.4 Å². The van der Waals surface area contributed by atoms with Gasteiger partial charge in [-0.05, 0) is 61.2 Å². The number of halogens is 1. The number of hydrogen-bond donors (Lipinski definition) is 1. The second-order valence-electron chi connectivity index (χ2n) is 10.1. The van der Waals surface area contributed by atoms with Crippen LogP contribution in [0.2, 0.25) is 0 Å². The van der Waals surface area contributed by atoms with Gasteiger partial charge in [-0.25, -0.2) is 12.8 Å². The first-order chi connectivity index (χ1) is 19.7. The van der Waals surface area contributed by atoms with Crippen LogP contribution in [0.15, 0.2) is 83.8 Å². The SMILES string of the molecule is CC[C@@H](C(=O)NC1CCCC1)N(Cc1ccc(F)cc1)C(=O)CN(c1ccccc1OC)S(=O)(=O)c1ccccc1. The zero-order valence-corrected chi connectivity index (χ0v) is 24.1. The Morgan fingerprint density at radius 1 is 0.976 bits per heavy atom. The average Bonchev–Trinajstić information content (AvgIpc) is 3.50. The second kappa shape index (κ2) is 13.6. The number of rotatable bonds is 12. The molecule has 1 saturated carbocycles. The van der Waals surface area contributed by atoms with E-state index in [1.54, 1.807) is 54.6 Å². The Kier molecular flexibility index (Phi) is 9.99. The Bertz CT molecular complexity index is 1430. The van der Waals surface area contributed by atoms with Crippen LogP contribution in [0, 0.1) is 5.82 Å². The van der Waals surface area contributed by atoms with E-state index >= 15 is 0 Å². The Balaban J connectivity index is 1.73. The van der Waals surface area contributed by atoms with Crippen molar-refractivity contribution in [2.45, 2.75) is 62.6 Å². The van der Waals surface area contributed by atoms with E-state index in [4.69, 9.17) is 4.74 Å². The van der Waals surface area contributed by atoms with Crippen LogP contribution in [0.5, 0.6) is 5.75 Å². The number of hydrogen-bond acceptors (Lipinski definition) is 5. The van der Waals surface area contributed by atoms with Crippen LogP contribution in [0.3, 0.4) is 0 Å². The van der Waals surface area contributed by atoms with E-state index in [2.05, 4.69) is 5.32 Å². The van der Waals surface area contributed by atoms with Crippen molar-refractivity contribution in [3.8, 4) is 5.75 Å². The molecule has 1 aliphatic carbocycles. The van der Waals surface area contributed by atoms with Gasteiger partial charge in [0.25, 0.3) is 10.0 Å². The number of anilines is 1. The lowest BCUT2D eigenvalue weighted by Crippen LogP contribution is -2.53. The van der Waals surface area contributed by atoms with Crippen LogP contribution in [0.25, 0.3) is 0 Å². The number of ether oxygens (including phenoxy) is 1. The molecule has 0 bridgehead atoms. The summed E-state index contributed by atoms with van der Waals surface area (Å²) in [5.74, 6) is -1.01. The van der Waals surface area contributed by atoms with Gasteiger partial charge in [0.1, 0.15) is 24.2 Å². The third-order valence-corrected chi connectivity index (χ3v) is 9.09. The van der Waals surface area contributed by atoms with Crippen LogP contribution in [0.4, 0.5) is 10.1 Å². The molecule has 2 amide bonds. The molecule has 218 valence electrons. The number of benzene rings is 3. The van der Waals surface area contributed by atoms with Crippen LogP contribution < -0.4 is 14.4 Å². The highest BCUT2D eigenvalue weighted by molar-refractivity contribution is 7.92. The van der Waals surface area contributed by atoms with Crippen molar-refractivity contribution in [2.75, 3.05) is 18.0 Å². The third-order valence-electron chi connectivity index (χ3n) is 7.32. The number of carbonyl (C=O) groups excluding carboxylic acids is 2. The van der Waals surface area contributed by atoms with Crippen molar-refractivity contribution in [1.82, 2.24) is 10.2 Å². The predicted octanol–water partition coefficient (Wildman–Crippen LogP) is 4.90. The van der Waals surface area contributed by atoms with Gasteiger partial charge in [-0.3, -0.25) is 13.9 Å². The number of carbonyl (C=O) groups is 2. The molecule has 0 radical (unpaired) electrons. The van der Waals surface area contributed by atoms with Gasteiger partial charge < -0.3 is 15.0 Å². The zero-order chi connectivity index (χ0) is 29.4. The van der Waals surface area contributed by atoms with Gasteiger partial charge in [-0.15, -0.1) is 0 Å². The van der Waals surface area contributed by atoms with Gasteiger partial charge in [0, 0.05) is 12.6 Å². The van der Waals surface area contributed by atoms with E-state index < -0.39 is 34.3 Å². The maximum absolute atomic E-state index is 14.1. The summed E-state index contributed by atoms with van der Waals surface area (Å²) in [5, 5.41) is 3.07. The molecule has 0 heterocycles. The maximum atomic E-state index is 14.1. The molecule has 0 unspecified atom stereocenters. The van der Waals surface area contributed by atoms with Crippen molar-refractivity contribution in [3.63, 3.8) is 0 Å². The smallest absolute Gasteiger partial charge is 0.264 e. The number of sulfonamides is 1. The summed E-state index contributed by atoms with van der Waals surface area (Å²) >= 11 is 0. The van der Waals surface area contributed by atoms with Crippen molar-refractivity contribution in [2.24, 2.45) is 0 Å². The molecule has 3 aromatic rings. The number of nitrogens with one attached hydrogen (secondary N) is 1. The van der Waals surface area contributed by atoms with Gasteiger partial charge >= 0.3 is 0 Å². The topological polar surface area (TPSA) is 96.0 Å². The highest BCUT2D eigenvalue weighted by Gasteiger charge is 2.35. The quantitative estimate of drug-likeness (QED) is 0.329. The fourth-order valence-electron chi connectivity index (χ4n) is 5.14. The van der Waals surface area contributed by atoms with Crippen molar-refractivity contribution in [1.29, 1.82) is 0 Å². The lowest BCUT2D eigenvalue weighted by molar-refractivity contribution is -0.140. The van der Waals surface area contributed by atoms with E-state index in [1.165, 1.54) is 36.3 Å². The minimum absolute atomic E-state index is 0.000849.